The van der Waals surface area contributed by atoms with Crippen molar-refractivity contribution in [3.63, 3.8) is 0 Å². The minimum absolute atomic E-state index is 0.228. The maximum atomic E-state index is 13.4. The van der Waals surface area contributed by atoms with Crippen LogP contribution in [0.1, 0.15) is 0 Å². The lowest BCUT2D eigenvalue weighted by molar-refractivity contribution is 0.597. The molecule has 0 amide bonds. The molecule has 8 rings (SSSR count). The van der Waals surface area contributed by atoms with Crippen molar-refractivity contribution in [2.45, 2.75) is 0 Å². The third kappa shape index (κ3) is 1.37. The highest BCUT2D eigenvalue weighted by Gasteiger charge is 2.23. The van der Waals surface area contributed by atoms with Crippen molar-refractivity contribution < 1.29 is 8.83 Å². The average molecular weight is 392 g/mol. The fourth-order valence-corrected chi connectivity index (χ4v) is 4.82. The van der Waals surface area contributed by atoms with Gasteiger partial charge >= 0.3 is 0 Å². The number of hydrogen-bond donors (Lipinski definition) is 0. The van der Waals surface area contributed by atoms with E-state index in [0.29, 0.717) is 44.5 Å². The summed E-state index contributed by atoms with van der Waals surface area (Å²) in [6, 6.07) is 10.7. The topological polar surface area (TPSA) is 95.0 Å². The summed E-state index contributed by atoms with van der Waals surface area (Å²) in [6.45, 7) is 0. The van der Waals surface area contributed by atoms with Gasteiger partial charge in [0.1, 0.15) is 11.0 Å². The van der Waals surface area contributed by atoms with Gasteiger partial charge in [0.25, 0.3) is 11.1 Å². The Morgan fingerprint density at radius 1 is 0.600 bits per heavy atom. The van der Waals surface area contributed by atoms with Gasteiger partial charge in [-0.1, -0.05) is 0 Å². The first-order valence-corrected chi connectivity index (χ1v) is 9.34. The third-order valence-electron chi connectivity index (χ3n) is 6.04. The first-order chi connectivity index (χ1) is 14.7. The Morgan fingerprint density at radius 3 is 1.50 bits per heavy atom. The molecule has 0 saturated carbocycles. The van der Waals surface area contributed by atoms with Gasteiger partial charge in [0.05, 0.1) is 12.5 Å². The van der Waals surface area contributed by atoms with Crippen LogP contribution in [-0.2, 0) is 0 Å². The molecule has 6 aromatic heterocycles. The highest BCUT2D eigenvalue weighted by Crippen LogP contribution is 2.36. The summed E-state index contributed by atoms with van der Waals surface area (Å²) in [6.07, 6.45) is 3.03. The summed E-state index contributed by atoms with van der Waals surface area (Å²) in [5.74, 6) is 0. The van der Waals surface area contributed by atoms with Crippen LogP contribution in [0.4, 0.5) is 0 Å². The highest BCUT2D eigenvalue weighted by atomic mass is 16.3. The largest absolute Gasteiger partial charge is 0.446 e. The van der Waals surface area contributed by atoms with E-state index < -0.39 is 0 Å². The summed E-state index contributed by atoms with van der Waals surface area (Å²) >= 11 is 0. The second-order valence-corrected chi connectivity index (χ2v) is 7.45. The first kappa shape index (κ1) is 14.5. The number of benzene rings is 2. The maximum absolute atomic E-state index is 13.4. The van der Waals surface area contributed by atoms with Gasteiger partial charge in [0.2, 0.25) is 11.4 Å². The number of furan rings is 2. The Hall–Kier alpha value is -4.46. The summed E-state index contributed by atoms with van der Waals surface area (Å²) in [5, 5.41) is 4.01. The number of nitrogens with zero attached hydrogens (tertiary/aromatic N) is 4. The van der Waals surface area contributed by atoms with Crippen LogP contribution >= 0.6 is 0 Å². The van der Waals surface area contributed by atoms with Gasteiger partial charge in [0.15, 0.2) is 11.3 Å². The molecule has 8 heteroatoms. The van der Waals surface area contributed by atoms with Crippen molar-refractivity contribution in [1.82, 2.24) is 18.8 Å². The van der Waals surface area contributed by atoms with E-state index in [-0.39, 0.29) is 11.1 Å². The number of aromatic nitrogens is 4. The molecule has 0 aliphatic carbocycles. The Kier molecular flexibility index (Phi) is 2.13. The van der Waals surface area contributed by atoms with E-state index in [0.717, 1.165) is 21.5 Å². The molecule has 0 spiro atoms. The molecule has 0 unspecified atom stereocenters. The molecule has 8 aromatic rings. The molecule has 2 aromatic carbocycles. The second-order valence-electron chi connectivity index (χ2n) is 7.45. The average Bonchev–Trinajstić information content (AvgIpc) is 3.49. The van der Waals surface area contributed by atoms with E-state index in [1.165, 1.54) is 21.3 Å². The van der Waals surface area contributed by atoms with E-state index in [1.54, 1.807) is 24.3 Å². The number of rotatable bonds is 0. The van der Waals surface area contributed by atoms with E-state index in [1.807, 2.05) is 12.1 Å². The zero-order valence-electron chi connectivity index (χ0n) is 15.0. The van der Waals surface area contributed by atoms with Gasteiger partial charge in [-0.05, 0) is 24.3 Å². The van der Waals surface area contributed by atoms with Crippen LogP contribution in [-0.4, -0.2) is 18.8 Å². The van der Waals surface area contributed by atoms with Crippen LogP contribution in [0.2, 0.25) is 0 Å². The van der Waals surface area contributed by atoms with Gasteiger partial charge in [-0.3, -0.25) is 9.59 Å². The quantitative estimate of drug-likeness (QED) is 0.367. The predicted molar refractivity (Wildman–Crippen MR) is 111 cm³/mol. The van der Waals surface area contributed by atoms with E-state index >= 15 is 0 Å². The molecule has 6 heterocycles. The van der Waals surface area contributed by atoms with Gasteiger partial charge in [-0.2, -0.15) is 0 Å². The van der Waals surface area contributed by atoms with Crippen LogP contribution in [0, 0.1) is 0 Å². The van der Waals surface area contributed by atoms with E-state index in [9.17, 15) is 9.59 Å². The Labute approximate surface area is 163 Å². The van der Waals surface area contributed by atoms with Crippen LogP contribution in [0.5, 0.6) is 0 Å². The normalized spacial score (nSPS) is 12.9. The lowest BCUT2D eigenvalue weighted by atomic mass is 9.96. The Balaban J connectivity index is 1.76. The minimum atomic E-state index is -0.228. The van der Waals surface area contributed by atoms with Crippen molar-refractivity contribution in [3.8, 4) is 0 Å². The van der Waals surface area contributed by atoms with Gasteiger partial charge in [0, 0.05) is 44.5 Å². The molecule has 0 aliphatic heterocycles. The smallest absolute Gasteiger partial charge is 0.267 e. The summed E-state index contributed by atoms with van der Waals surface area (Å²) < 4.78 is 14.0. The monoisotopic (exact) mass is 392 g/mol. The summed E-state index contributed by atoms with van der Waals surface area (Å²) in [4.78, 5) is 35.9. The van der Waals surface area contributed by atoms with Crippen LogP contribution in [0.3, 0.4) is 0 Å². The molecule has 0 aliphatic rings. The highest BCUT2D eigenvalue weighted by molar-refractivity contribution is 6.27. The molecule has 0 N–H and O–H groups in total. The first-order valence-electron chi connectivity index (χ1n) is 9.34. The second kappa shape index (κ2) is 4.41. The van der Waals surface area contributed by atoms with Crippen molar-refractivity contribution in [3.05, 3.63) is 69.6 Å². The third-order valence-corrected chi connectivity index (χ3v) is 6.04. The SMILES string of the molecule is O=c1c2ccc3c(=O)n4c(nc5ccoc54)c4ccc(c2c34)c2nc3ccoc3n12. The fraction of sp³-hybridized carbons (Fsp3) is 0. The zero-order valence-corrected chi connectivity index (χ0v) is 15.0. The van der Waals surface area contributed by atoms with Crippen molar-refractivity contribution in [2.24, 2.45) is 0 Å². The molecule has 140 valence electrons. The predicted octanol–water partition coefficient (Wildman–Crippen LogP) is 3.53. The minimum Gasteiger partial charge on any atom is -0.446 e. The standard InChI is InChI=1S/C22H8N4O4/c27-19-11-3-4-12-16-10(18-24-14-6-8-30-22(14)26(18)20(12)28)2-1-9(15(11)16)17-23-13-5-7-29-21(13)25(17)19/h1-8H. The van der Waals surface area contributed by atoms with Gasteiger partial charge < -0.3 is 8.83 Å². The summed E-state index contributed by atoms with van der Waals surface area (Å²) in [7, 11) is 0. The van der Waals surface area contributed by atoms with Crippen molar-refractivity contribution in [1.29, 1.82) is 0 Å². The fourth-order valence-electron chi connectivity index (χ4n) is 4.82. The molecule has 0 radical (unpaired) electrons. The van der Waals surface area contributed by atoms with Crippen LogP contribution < -0.4 is 11.1 Å². The van der Waals surface area contributed by atoms with Crippen LogP contribution in [0.25, 0.3) is 66.1 Å². The Bertz CT molecular complexity index is 1960. The van der Waals surface area contributed by atoms with E-state index in [4.69, 9.17) is 8.83 Å². The lowest BCUT2D eigenvalue weighted by Gasteiger charge is -2.11. The number of fused-ring (bicyclic) bond motifs is 8. The van der Waals surface area contributed by atoms with Crippen molar-refractivity contribution >= 4 is 66.1 Å². The van der Waals surface area contributed by atoms with Crippen molar-refractivity contribution in [2.75, 3.05) is 0 Å². The number of imidazole rings is 2. The van der Waals surface area contributed by atoms with Gasteiger partial charge in [-0.15, -0.1) is 0 Å². The molecule has 0 bridgehead atoms. The van der Waals surface area contributed by atoms with Crippen LogP contribution in [0.15, 0.2) is 67.3 Å². The molecule has 0 atom stereocenters. The molecular weight excluding hydrogens is 384 g/mol. The molecule has 8 nitrogen and oxygen atoms in total. The maximum Gasteiger partial charge on any atom is 0.267 e. The number of pyridine rings is 2. The zero-order chi connectivity index (χ0) is 19.7. The molecular formula is C22H8N4O4. The molecule has 30 heavy (non-hydrogen) atoms. The number of hydrogen-bond acceptors (Lipinski definition) is 6. The van der Waals surface area contributed by atoms with E-state index in [2.05, 4.69) is 9.97 Å². The summed E-state index contributed by atoms with van der Waals surface area (Å²) in [5.41, 5.74) is 2.64. The van der Waals surface area contributed by atoms with Gasteiger partial charge in [-0.25, -0.2) is 18.8 Å². The lowest BCUT2D eigenvalue weighted by Crippen LogP contribution is -2.16. The Morgan fingerprint density at radius 2 is 1.03 bits per heavy atom. The molecule has 0 saturated heterocycles. The molecule has 0 fully saturated rings.